The van der Waals surface area contributed by atoms with Gasteiger partial charge in [-0.05, 0) is 65.2 Å². The number of anilines is 1. The van der Waals surface area contributed by atoms with Crippen LogP contribution in [0.15, 0.2) is 39.3 Å². The molecule has 0 aromatic heterocycles. The van der Waals surface area contributed by atoms with Gasteiger partial charge in [0.15, 0.2) is 0 Å². The van der Waals surface area contributed by atoms with E-state index in [4.69, 9.17) is 0 Å². The minimum atomic E-state index is -0.558. The van der Waals surface area contributed by atoms with Gasteiger partial charge in [-0.2, -0.15) is 0 Å². The lowest BCUT2D eigenvalue weighted by atomic mass is 10.1. The Bertz CT molecular complexity index is 663. The highest BCUT2D eigenvalue weighted by Gasteiger charge is 2.14. The zero-order valence-electron chi connectivity index (χ0n) is 10.9. The molecule has 0 saturated carbocycles. The summed E-state index contributed by atoms with van der Waals surface area (Å²) in [7, 11) is 0. The Balaban J connectivity index is 2.33. The Kier molecular flexibility index (Phi) is 4.60. The molecular weight excluding hydrogens is 389 g/mol. The Hall–Kier alpha value is -1.20. The molecule has 0 saturated heterocycles. The average molecular weight is 401 g/mol. The van der Waals surface area contributed by atoms with Crippen LogP contribution in [0.5, 0.6) is 0 Å². The molecule has 2 nitrogen and oxygen atoms in total. The molecule has 5 heteroatoms. The topological polar surface area (TPSA) is 29.1 Å². The van der Waals surface area contributed by atoms with Gasteiger partial charge in [0.25, 0.3) is 5.91 Å². The lowest BCUT2D eigenvalue weighted by Gasteiger charge is -2.12. The molecule has 0 unspecified atom stereocenters. The third-order valence-corrected chi connectivity index (χ3v) is 3.96. The second-order valence-electron chi connectivity index (χ2n) is 4.52. The molecule has 0 aliphatic heterocycles. The van der Waals surface area contributed by atoms with Crippen LogP contribution in [-0.4, -0.2) is 5.91 Å². The van der Waals surface area contributed by atoms with Crippen molar-refractivity contribution in [1.82, 2.24) is 0 Å². The summed E-state index contributed by atoms with van der Waals surface area (Å²) in [6, 6.07) is 8.21. The summed E-state index contributed by atoms with van der Waals surface area (Å²) in [6.45, 7) is 3.86. The van der Waals surface area contributed by atoms with Crippen LogP contribution in [-0.2, 0) is 0 Å². The highest BCUT2D eigenvalue weighted by atomic mass is 79.9. The number of aryl methyl sites for hydroxylation is 2. The van der Waals surface area contributed by atoms with Crippen LogP contribution in [0.2, 0.25) is 0 Å². The largest absolute Gasteiger partial charge is 0.321 e. The number of hydrogen-bond acceptors (Lipinski definition) is 1. The molecule has 0 fully saturated rings. The molecular formula is C15H12Br2FNO. The van der Waals surface area contributed by atoms with E-state index in [9.17, 15) is 9.18 Å². The predicted molar refractivity (Wildman–Crippen MR) is 85.7 cm³/mol. The van der Waals surface area contributed by atoms with Gasteiger partial charge in [0.1, 0.15) is 5.82 Å². The van der Waals surface area contributed by atoms with Crippen LogP contribution in [0.1, 0.15) is 21.5 Å². The molecule has 2 aromatic rings. The van der Waals surface area contributed by atoms with Crippen molar-refractivity contribution in [3.8, 4) is 0 Å². The molecule has 0 heterocycles. The third kappa shape index (κ3) is 3.27. The van der Waals surface area contributed by atoms with Crippen molar-refractivity contribution in [1.29, 1.82) is 0 Å². The van der Waals surface area contributed by atoms with E-state index >= 15 is 0 Å². The van der Waals surface area contributed by atoms with Crippen molar-refractivity contribution in [2.24, 2.45) is 0 Å². The maximum absolute atomic E-state index is 13.8. The number of nitrogens with one attached hydrogen (secondary N) is 1. The van der Waals surface area contributed by atoms with Gasteiger partial charge in [0, 0.05) is 8.95 Å². The summed E-state index contributed by atoms with van der Waals surface area (Å²) in [5.74, 6) is -1.03. The monoisotopic (exact) mass is 399 g/mol. The van der Waals surface area contributed by atoms with Gasteiger partial charge < -0.3 is 5.32 Å². The summed E-state index contributed by atoms with van der Waals surface area (Å²) in [5.41, 5.74) is 2.67. The van der Waals surface area contributed by atoms with Crippen molar-refractivity contribution in [3.63, 3.8) is 0 Å². The van der Waals surface area contributed by atoms with Gasteiger partial charge in [-0.1, -0.05) is 22.0 Å². The number of hydrogen-bond donors (Lipinski definition) is 1. The normalized spacial score (nSPS) is 10.4. The molecule has 0 spiro atoms. The smallest absolute Gasteiger partial charge is 0.258 e. The number of rotatable bonds is 2. The molecule has 0 aliphatic carbocycles. The molecule has 2 rings (SSSR count). The Morgan fingerprint density at radius 2 is 1.85 bits per heavy atom. The van der Waals surface area contributed by atoms with Crippen molar-refractivity contribution in [2.45, 2.75) is 13.8 Å². The third-order valence-electron chi connectivity index (χ3n) is 2.85. The Morgan fingerprint density at radius 1 is 1.15 bits per heavy atom. The number of amides is 1. The summed E-state index contributed by atoms with van der Waals surface area (Å²) in [6.07, 6.45) is 0. The van der Waals surface area contributed by atoms with E-state index in [0.717, 1.165) is 15.6 Å². The van der Waals surface area contributed by atoms with Crippen molar-refractivity contribution >= 4 is 43.5 Å². The van der Waals surface area contributed by atoms with Gasteiger partial charge in [0.2, 0.25) is 0 Å². The summed E-state index contributed by atoms with van der Waals surface area (Å²) in [4.78, 5) is 12.1. The fourth-order valence-electron chi connectivity index (χ4n) is 1.93. The minimum absolute atomic E-state index is 0.0140. The second kappa shape index (κ2) is 6.06. The standard InChI is InChI=1S/C15H12Br2FNO/c1-8-5-9(2)14(12(17)6-8)19-15(20)11-4-3-10(16)7-13(11)18/h3-7H,1-2H3,(H,19,20). The van der Waals surface area contributed by atoms with E-state index in [1.54, 1.807) is 6.07 Å². The van der Waals surface area contributed by atoms with Crippen LogP contribution in [0.3, 0.4) is 0 Å². The molecule has 1 amide bonds. The van der Waals surface area contributed by atoms with Crippen LogP contribution in [0.4, 0.5) is 10.1 Å². The summed E-state index contributed by atoms with van der Waals surface area (Å²) < 4.78 is 15.1. The molecule has 1 N–H and O–H groups in total. The molecule has 0 radical (unpaired) electrons. The van der Waals surface area contributed by atoms with Crippen molar-refractivity contribution in [3.05, 3.63) is 61.8 Å². The Labute approximate surface area is 133 Å². The van der Waals surface area contributed by atoms with Gasteiger partial charge >= 0.3 is 0 Å². The first-order chi connectivity index (χ1) is 9.38. The van der Waals surface area contributed by atoms with Crippen molar-refractivity contribution in [2.75, 3.05) is 5.32 Å². The van der Waals surface area contributed by atoms with Crippen LogP contribution in [0, 0.1) is 19.7 Å². The zero-order chi connectivity index (χ0) is 14.9. The lowest BCUT2D eigenvalue weighted by Crippen LogP contribution is -2.15. The number of carbonyl (C=O) groups is 1. The van der Waals surface area contributed by atoms with E-state index in [1.165, 1.54) is 12.1 Å². The second-order valence-corrected chi connectivity index (χ2v) is 6.29. The molecule has 104 valence electrons. The number of benzene rings is 2. The molecule has 20 heavy (non-hydrogen) atoms. The van der Waals surface area contributed by atoms with Gasteiger partial charge in [-0.15, -0.1) is 0 Å². The highest BCUT2D eigenvalue weighted by molar-refractivity contribution is 9.10. The molecule has 0 atom stereocenters. The SMILES string of the molecule is Cc1cc(C)c(NC(=O)c2ccc(Br)cc2F)c(Br)c1. The van der Waals surface area contributed by atoms with E-state index in [2.05, 4.69) is 37.2 Å². The maximum atomic E-state index is 13.8. The lowest BCUT2D eigenvalue weighted by molar-refractivity contribution is 0.102. The first-order valence-corrected chi connectivity index (χ1v) is 7.50. The van der Waals surface area contributed by atoms with E-state index < -0.39 is 11.7 Å². The van der Waals surface area contributed by atoms with Crippen LogP contribution < -0.4 is 5.32 Å². The maximum Gasteiger partial charge on any atom is 0.258 e. The van der Waals surface area contributed by atoms with Gasteiger partial charge in [0.05, 0.1) is 11.3 Å². The van der Waals surface area contributed by atoms with Gasteiger partial charge in [-0.3, -0.25) is 4.79 Å². The Morgan fingerprint density at radius 3 is 2.45 bits per heavy atom. The first kappa shape index (κ1) is 15.2. The van der Waals surface area contributed by atoms with Crippen LogP contribution >= 0.6 is 31.9 Å². The van der Waals surface area contributed by atoms with Crippen LogP contribution in [0.25, 0.3) is 0 Å². The number of halogens is 3. The zero-order valence-corrected chi connectivity index (χ0v) is 14.1. The molecule has 2 aromatic carbocycles. The fraction of sp³-hybridized carbons (Fsp3) is 0.133. The number of carbonyl (C=O) groups excluding carboxylic acids is 1. The molecule has 0 bridgehead atoms. The van der Waals surface area contributed by atoms with E-state index in [0.29, 0.717) is 10.2 Å². The van der Waals surface area contributed by atoms with E-state index in [-0.39, 0.29) is 5.56 Å². The molecule has 0 aliphatic rings. The van der Waals surface area contributed by atoms with Gasteiger partial charge in [-0.25, -0.2) is 4.39 Å². The summed E-state index contributed by atoms with van der Waals surface area (Å²) >= 11 is 6.58. The average Bonchev–Trinajstić information content (AvgIpc) is 2.33. The predicted octanol–water partition coefficient (Wildman–Crippen LogP) is 5.22. The minimum Gasteiger partial charge on any atom is -0.321 e. The first-order valence-electron chi connectivity index (χ1n) is 5.91. The fourth-order valence-corrected chi connectivity index (χ4v) is 3.03. The highest BCUT2D eigenvalue weighted by Crippen LogP contribution is 2.28. The van der Waals surface area contributed by atoms with Crippen molar-refractivity contribution < 1.29 is 9.18 Å². The van der Waals surface area contributed by atoms with E-state index in [1.807, 2.05) is 26.0 Å². The quantitative estimate of drug-likeness (QED) is 0.735. The summed E-state index contributed by atoms with van der Waals surface area (Å²) in [5, 5.41) is 2.74.